The zero-order valence-corrected chi connectivity index (χ0v) is 10.5. The van der Waals surface area contributed by atoms with Crippen LogP contribution in [-0.4, -0.2) is 24.1 Å². The second kappa shape index (κ2) is 4.44. The Balaban J connectivity index is 2.98. The first kappa shape index (κ1) is 13.0. The van der Waals surface area contributed by atoms with Crippen LogP contribution in [0.5, 0.6) is 0 Å². The average Bonchev–Trinajstić information content (AvgIpc) is 2.38. The van der Waals surface area contributed by atoms with Crippen LogP contribution in [0.1, 0.15) is 47.0 Å². The zero-order chi connectivity index (χ0) is 12.4. The lowest BCUT2D eigenvalue weighted by Crippen LogP contribution is -2.37. The highest BCUT2D eigenvalue weighted by Gasteiger charge is 2.58. The van der Waals surface area contributed by atoms with Gasteiger partial charge in [0.05, 0.1) is 6.61 Å². The minimum absolute atomic E-state index is 0.290. The molecule has 1 atom stereocenters. The number of esters is 2. The van der Waals surface area contributed by atoms with E-state index < -0.39 is 23.0 Å². The van der Waals surface area contributed by atoms with E-state index in [1.807, 2.05) is 20.8 Å². The second-order valence-electron chi connectivity index (χ2n) is 4.88. The van der Waals surface area contributed by atoms with E-state index in [0.717, 1.165) is 6.42 Å². The van der Waals surface area contributed by atoms with E-state index in [0.29, 0.717) is 12.8 Å². The number of hydrogen-bond donors (Lipinski definition) is 0. The Labute approximate surface area is 96.3 Å². The van der Waals surface area contributed by atoms with Gasteiger partial charge in [-0.15, -0.1) is 0 Å². The molecule has 0 radical (unpaired) electrons. The molecular formula is C12H20O4. The number of ether oxygens (including phenoxy) is 2. The summed E-state index contributed by atoms with van der Waals surface area (Å²) in [6, 6.07) is 0. The molecule has 1 saturated heterocycles. The molecule has 0 spiro atoms. The zero-order valence-electron chi connectivity index (χ0n) is 10.5. The van der Waals surface area contributed by atoms with Gasteiger partial charge in [-0.05, 0) is 27.2 Å². The number of cyclic esters (lactones) is 1. The molecule has 4 heteroatoms. The van der Waals surface area contributed by atoms with Crippen LogP contribution in [0.25, 0.3) is 0 Å². The van der Waals surface area contributed by atoms with Gasteiger partial charge in [-0.25, -0.2) is 0 Å². The van der Waals surface area contributed by atoms with Gasteiger partial charge in [0.15, 0.2) is 5.41 Å². The fraction of sp³-hybridized carbons (Fsp3) is 0.833. The van der Waals surface area contributed by atoms with E-state index in [1.54, 1.807) is 6.92 Å². The molecule has 16 heavy (non-hydrogen) atoms. The van der Waals surface area contributed by atoms with E-state index in [1.165, 1.54) is 0 Å². The van der Waals surface area contributed by atoms with Crippen LogP contribution in [0.4, 0.5) is 0 Å². The second-order valence-corrected chi connectivity index (χ2v) is 4.88. The van der Waals surface area contributed by atoms with Gasteiger partial charge in [0, 0.05) is 6.42 Å². The Morgan fingerprint density at radius 1 is 1.44 bits per heavy atom. The van der Waals surface area contributed by atoms with Gasteiger partial charge in [-0.3, -0.25) is 9.59 Å². The molecule has 4 nitrogen and oxygen atoms in total. The molecule has 0 N–H and O–H groups in total. The molecule has 0 amide bonds. The van der Waals surface area contributed by atoms with Crippen molar-refractivity contribution in [2.24, 2.45) is 5.41 Å². The minimum atomic E-state index is -1.08. The molecule has 0 aromatic heterocycles. The molecule has 1 fully saturated rings. The number of rotatable bonds is 4. The van der Waals surface area contributed by atoms with Crippen LogP contribution in [0.15, 0.2) is 0 Å². The SMILES string of the molecule is CCCC1(C(=O)OCC)CC(C)(C)OC1=O. The Morgan fingerprint density at radius 2 is 2.06 bits per heavy atom. The monoisotopic (exact) mass is 228 g/mol. The first-order chi connectivity index (χ1) is 7.38. The van der Waals surface area contributed by atoms with Crippen LogP contribution in [0, 0.1) is 5.41 Å². The Bertz CT molecular complexity index is 295. The third-order valence-electron chi connectivity index (χ3n) is 2.83. The minimum Gasteiger partial charge on any atom is -0.465 e. The van der Waals surface area contributed by atoms with E-state index in [2.05, 4.69) is 0 Å². The third-order valence-corrected chi connectivity index (χ3v) is 2.83. The standard InChI is InChI=1S/C12H20O4/c1-5-7-12(9(13)15-6-2)8-11(3,4)16-10(12)14/h5-8H2,1-4H3. The van der Waals surface area contributed by atoms with Gasteiger partial charge in [0.1, 0.15) is 5.60 Å². The summed E-state index contributed by atoms with van der Waals surface area (Å²) >= 11 is 0. The molecule has 1 unspecified atom stereocenters. The van der Waals surface area contributed by atoms with Gasteiger partial charge in [0.25, 0.3) is 0 Å². The Morgan fingerprint density at radius 3 is 2.44 bits per heavy atom. The van der Waals surface area contributed by atoms with Crippen LogP contribution in [0.2, 0.25) is 0 Å². The van der Waals surface area contributed by atoms with E-state index >= 15 is 0 Å². The van der Waals surface area contributed by atoms with Gasteiger partial charge >= 0.3 is 11.9 Å². The van der Waals surface area contributed by atoms with Crippen molar-refractivity contribution in [3.63, 3.8) is 0 Å². The first-order valence-corrected chi connectivity index (χ1v) is 5.78. The fourth-order valence-corrected chi connectivity index (χ4v) is 2.33. The van der Waals surface area contributed by atoms with Crippen molar-refractivity contribution in [3.05, 3.63) is 0 Å². The predicted molar refractivity (Wildman–Crippen MR) is 58.8 cm³/mol. The average molecular weight is 228 g/mol. The van der Waals surface area contributed by atoms with E-state index in [-0.39, 0.29) is 6.61 Å². The van der Waals surface area contributed by atoms with Crippen molar-refractivity contribution in [3.8, 4) is 0 Å². The lowest BCUT2D eigenvalue weighted by Gasteiger charge is -2.22. The highest BCUT2D eigenvalue weighted by molar-refractivity contribution is 6.01. The van der Waals surface area contributed by atoms with Crippen molar-refractivity contribution in [2.45, 2.75) is 52.6 Å². The van der Waals surface area contributed by atoms with Crippen molar-refractivity contribution in [1.29, 1.82) is 0 Å². The quantitative estimate of drug-likeness (QED) is 0.546. The lowest BCUT2D eigenvalue weighted by atomic mass is 9.78. The number of hydrogen-bond acceptors (Lipinski definition) is 4. The van der Waals surface area contributed by atoms with Crippen LogP contribution in [0.3, 0.4) is 0 Å². The summed E-state index contributed by atoms with van der Waals surface area (Å²) in [7, 11) is 0. The maximum absolute atomic E-state index is 11.9. The fourth-order valence-electron chi connectivity index (χ4n) is 2.33. The summed E-state index contributed by atoms with van der Waals surface area (Å²) in [6.07, 6.45) is 1.66. The first-order valence-electron chi connectivity index (χ1n) is 5.78. The maximum atomic E-state index is 11.9. The summed E-state index contributed by atoms with van der Waals surface area (Å²) < 4.78 is 10.3. The van der Waals surface area contributed by atoms with Crippen LogP contribution in [-0.2, 0) is 19.1 Å². The van der Waals surface area contributed by atoms with Crippen molar-refractivity contribution in [2.75, 3.05) is 6.61 Å². The van der Waals surface area contributed by atoms with Gasteiger partial charge in [0.2, 0.25) is 0 Å². The third kappa shape index (κ3) is 2.20. The van der Waals surface area contributed by atoms with Crippen LogP contribution < -0.4 is 0 Å². The van der Waals surface area contributed by atoms with Gasteiger partial charge in [-0.2, -0.15) is 0 Å². The molecule has 0 saturated carbocycles. The normalized spacial score (nSPS) is 27.6. The van der Waals surface area contributed by atoms with Crippen LogP contribution >= 0.6 is 0 Å². The highest BCUT2D eigenvalue weighted by Crippen LogP contribution is 2.44. The summed E-state index contributed by atoms with van der Waals surface area (Å²) in [4.78, 5) is 23.8. The smallest absolute Gasteiger partial charge is 0.324 e. The lowest BCUT2D eigenvalue weighted by molar-refractivity contribution is -0.166. The van der Waals surface area contributed by atoms with E-state index in [4.69, 9.17) is 9.47 Å². The van der Waals surface area contributed by atoms with Crippen molar-refractivity contribution in [1.82, 2.24) is 0 Å². The van der Waals surface area contributed by atoms with Crippen molar-refractivity contribution >= 4 is 11.9 Å². The summed E-state index contributed by atoms with van der Waals surface area (Å²) in [5.74, 6) is -0.870. The number of carbonyl (C=O) groups excluding carboxylic acids is 2. The predicted octanol–water partition coefficient (Wildman–Crippen LogP) is 2.06. The molecule has 0 aromatic carbocycles. The number of carbonyl (C=O) groups is 2. The molecule has 0 aromatic rings. The van der Waals surface area contributed by atoms with E-state index in [9.17, 15) is 9.59 Å². The maximum Gasteiger partial charge on any atom is 0.324 e. The molecule has 1 rings (SSSR count). The molecule has 1 aliphatic heterocycles. The van der Waals surface area contributed by atoms with Gasteiger partial charge < -0.3 is 9.47 Å². The Hall–Kier alpha value is -1.06. The highest BCUT2D eigenvalue weighted by atomic mass is 16.6. The summed E-state index contributed by atoms with van der Waals surface area (Å²) in [5.41, 5.74) is -1.65. The van der Waals surface area contributed by atoms with Gasteiger partial charge in [-0.1, -0.05) is 13.3 Å². The molecule has 92 valence electrons. The Kier molecular flexibility index (Phi) is 3.61. The largest absolute Gasteiger partial charge is 0.465 e. The summed E-state index contributed by atoms with van der Waals surface area (Å²) in [6.45, 7) is 7.61. The topological polar surface area (TPSA) is 52.6 Å². The summed E-state index contributed by atoms with van der Waals surface area (Å²) in [5, 5.41) is 0. The molecular weight excluding hydrogens is 208 g/mol. The molecule has 0 aliphatic carbocycles. The molecule has 1 heterocycles. The molecule has 0 bridgehead atoms. The molecule has 1 aliphatic rings. The van der Waals surface area contributed by atoms with Crippen molar-refractivity contribution < 1.29 is 19.1 Å².